The molecule has 0 aliphatic rings. The Kier molecular flexibility index (Phi) is 8.21. The highest BCUT2D eigenvalue weighted by molar-refractivity contribution is 6.60. The van der Waals surface area contributed by atoms with Crippen LogP contribution in [0, 0.1) is 0 Å². The summed E-state index contributed by atoms with van der Waals surface area (Å²) in [6, 6.07) is 0.798. The quantitative estimate of drug-likeness (QED) is 0.580. The topological polar surface area (TPSA) is 51.2 Å². The zero-order valence-electron chi connectivity index (χ0n) is 10.2. The second-order valence-electron chi connectivity index (χ2n) is 3.43. The van der Waals surface area contributed by atoms with E-state index >= 15 is 0 Å². The van der Waals surface area contributed by atoms with Crippen LogP contribution in [-0.4, -0.2) is 66.9 Å². The number of rotatable bonds is 9. The molecule has 0 aliphatic carbocycles. The Morgan fingerprint density at radius 1 is 1.07 bits per heavy atom. The van der Waals surface area contributed by atoms with E-state index in [1.54, 1.807) is 21.3 Å². The van der Waals surface area contributed by atoms with Crippen molar-refractivity contribution in [1.82, 2.24) is 4.90 Å². The fourth-order valence-corrected chi connectivity index (χ4v) is 3.11. The first kappa shape index (κ1) is 15.0. The molecule has 0 heterocycles. The van der Waals surface area contributed by atoms with Gasteiger partial charge in [-0.2, -0.15) is 0 Å². The molecule has 0 rings (SSSR count). The number of nitrogens with zero attached hydrogens (tertiary/aromatic N) is 1. The molecule has 0 saturated carbocycles. The molecule has 15 heavy (non-hydrogen) atoms. The predicted octanol–water partition coefficient (Wildman–Crippen LogP) is 0.179. The second kappa shape index (κ2) is 8.20. The van der Waals surface area contributed by atoms with Crippen molar-refractivity contribution in [2.24, 2.45) is 0 Å². The number of aliphatic hydroxyl groups excluding tert-OH is 1. The van der Waals surface area contributed by atoms with Gasteiger partial charge in [-0.15, -0.1) is 0 Å². The van der Waals surface area contributed by atoms with Gasteiger partial charge in [0.15, 0.2) is 0 Å². The van der Waals surface area contributed by atoms with Crippen LogP contribution in [0.1, 0.15) is 6.42 Å². The van der Waals surface area contributed by atoms with E-state index < -0.39 is 8.80 Å². The van der Waals surface area contributed by atoms with Crippen molar-refractivity contribution in [2.45, 2.75) is 12.5 Å². The lowest BCUT2D eigenvalue weighted by Gasteiger charge is -2.25. The first-order valence-corrected chi connectivity index (χ1v) is 7.02. The normalized spacial score (nSPS) is 12.4. The van der Waals surface area contributed by atoms with Crippen molar-refractivity contribution in [2.75, 3.05) is 48.1 Å². The summed E-state index contributed by atoms with van der Waals surface area (Å²) in [5, 5.41) is 8.73. The van der Waals surface area contributed by atoms with Gasteiger partial charge in [0.1, 0.15) is 0 Å². The molecule has 0 fully saturated rings. The molecule has 0 amide bonds. The highest BCUT2D eigenvalue weighted by Crippen LogP contribution is 2.14. The summed E-state index contributed by atoms with van der Waals surface area (Å²) in [6.07, 6.45) is 0.943. The summed E-state index contributed by atoms with van der Waals surface area (Å²) < 4.78 is 15.9. The van der Waals surface area contributed by atoms with Crippen LogP contribution in [0.5, 0.6) is 0 Å². The zero-order valence-corrected chi connectivity index (χ0v) is 11.2. The molecule has 0 saturated heterocycles. The molecular weight excluding hydrogens is 214 g/mol. The molecule has 0 aromatic heterocycles. The lowest BCUT2D eigenvalue weighted by Crippen LogP contribution is -2.43. The number of hydrogen-bond acceptors (Lipinski definition) is 5. The minimum atomic E-state index is -2.40. The van der Waals surface area contributed by atoms with Crippen LogP contribution in [0.2, 0.25) is 6.04 Å². The zero-order chi connectivity index (χ0) is 11.7. The number of aliphatic hydroxyl groups is 1. The van der Waals surface area contributed by atoms with E-state index in [4.69, 9.17) is 18.4 Å². The summed E-state index contributed by atoms with van der Waals surface area (Å²) in [5.41, 5.74) is 0. The van der Waals surface area contributed by atoms with Gasteiger partial charge in [-0.25, -0.2) is 0 Å². The number of likely N-dealkylation sites (N-methyl/N-ethyl adjacent to an activating group) is 1. The third kappa shape index (κ3) is 5.60. The van der Waals surface area contributed by atoms with Crippen molar-refractivity contribution >= 4 is 8.80 Å². The molecule has 0 aromatic carbocycles. The molecule has 6 heteroatoms. The molecule has 92 valence electrons. The first-order valence-electron chi connectivity index (χ1n) is 5.09. The minimum absolute atomic E-state index is 0.192. The molecule has 0 aliphatic heterocycles. The van der Waals surface area contributed by atoms with Gasteiger partial charge in [-0.3, -0.25) is 0 Å². The molecule has 1 N–H and O–H groups in total. The van der Waals surface area contributed by atoms with E-state index in [0.29, 0.717) is 6.54 Å². The smallest absolute Gasteiger partial charge is 0.395 e. The monoisotopic (exact) mass is 237 g/mol. The van der Waals surface area contributed by atoms with Crippen LogP contribution >= 0.6 is 0 Å². The Bertz CT molecular complexity index is 147. The van der Waals surface area contributed by atoms with Gasteiger partial charge in [0.05, 0.1) is 6.61 Å². The van der Waals surface area contributed by atoms with Crippen LogP contribution in [0.15, 0.2) is 0 Å². The SMILES string of the molecule is CO[Si](CCCN(C)CCO)(OC)OC. The van der Waals surface area contributed by atoms with Gasteiger partial charge >= 0.3 is 8.80 Å². The lowest BCUT2D eigenvalue weighted by molar-refractivity contribution is 0.121. The number of hydrogen-bond donors (Lipinski definition) is 1. The maximum Gasteiger partial charge on any atom is 0.500 e. The molecular formula is C9H23NO4Si. The minimum Gasteiger partial charge on any atom is -0.395 e. The maximum atomic E-state index is 8.73. The van der Waals surface area contributed by atoms with E-state index in [0.717, 1.165) is 19.0 Å². The molecule has 5 nitrogen and oxygen atoms in total. The predicted molar refractivity (Wildman–Crippen MR) is 60.8 cm³/mol. The van der Waals surface area contributed by atoms with Gasteiger partial charge in [0, 0.05) is 33.9 Å². The third-order valence-electron chi connectivity index (χ3n) is 2.44. The van der Waals surface area contributed by atoms with Crippen LogP contribution in [-0.2, 0) is 13.3 Å². The van der Waals surface area contributed by atoms with E-state index in [1.165, 1.54) is 0 Å². The van der Waals surface area contributed by atoms with Crippen molar-refractivity contribution in [3.8, 4) is 0 Å². The first-order chi connectivity index (χ1) is 7.14. The van der Waals surface area contributed by atoms with Crippen molar-refractivity contribution < 1.29 is 18.4 Å². The highest BCUT2D eigenvalue weighted by Gasteiger charge is 2.36. The fourth-order valence-electron chi connectivity index (χ4n) is 1.40. The highest BCUT2D eigenvalue weighted by atomic mass is 28.4. The molecule has 0 aromatic rings. The molecule has 0 radical (unpaired) electrons. The standard InChI is InChI=1S/C9H23NO4Si/c1-10(7-8-11)6-5-9-15(12-2,13-3)14-4/h11H,5-9H2,1-4H3. The van der Waals surface area contributed by atoms with Gasteiger partial charge in [-0.1, -0.05) is 0 Å². The largest absolute Gasteiger partial charge is 0.500 e. The summed E-state index contributed by atoms with van der Waals surface area (Å²) in [5.74, 6) is 0. The molecule has 0 unspecified atom stereocenters. The summed E-state index contributed by atoms with van der Waals surface area (Å²) in [7, 11) is 4.45. The van der Waals surface area contributed by atoms with Crippen LogP contribution in [0.3, 0.4) is 0 Å². The fraction of sp³-hybridized carbons (Fsp3) is 1.00. The van der Waals surface area contributed by atoms with Crippen LogP contribution in [0.4, 0.5) is 0 Å². The van der Waals surface area contributed by atoms with Crippen LogP contribution < -0.4 is 0 Å². The summed E-state index contributed by atoms with van der Waals surface area (Å²) in [6.45, 7) is 1.80. The lowest BCUT2D eigenvalue weighted by atomic mass is 10.4. The van der Waals surface area contributed by atoms with Gasteiger partial charge in [0.25, 0.3) is 0 Å². The maximum absolute atomic E-state index is 8.73. The van der Waals surface area contributed by atoms with E-state index in [-0.39, 0.29) is 6.61 Å². The van der Waals surface area contributed by atoms with Crippen molar-refractivity contribution in [3.63, 3.8) is 0 Å². The van der Waals surface area contributed by atoms with Crippen molar-refractivity contribution in [3.05, 3.63) is 0 Å². The van der Waals surface area contributed by atoms with E-state index in [2.05, 4.69) is 4.90 Å². The Morgan fingerprint density at radius 3 is 2.00 bits per heavy atom. The second-order valence-corrected chi connectivity index (χ2v) is 6.52. The van der Waals surface area contributed by atoms with E-state index in [1.807, 2.05) is 7.05 Å². The Balaban J connectivity index is 3.80. The summed E-state index contributed by atoms with van der Waals surface area (Å²) >= 11 is 0. The molecule has 0 spiro atoms. The van der Waals surface area contributed by atoms with Crippen molar-refractivity contribution in [1.29, 1.82) is 0 Å². The van der Waals surface area contributed by atoms with Gasteiger partial charge in [0.2, 0.25) is 0 Å². The van der Waals surface area contributed by atoms with Gasteiger partial charge in [-0.05, 0) is 20.0 Å². The van der Waals surface area contributed by atoms with Gasteiger partial charge < -0.3 is 23.3 Å². The Morgan fingerprint density at radius 2 is 1.60 bits per heavy atom. The average Bonchev–Trinajstić information content (AvgIpc) is 2.25. The Labute approximate surface area is 93.3 Å². The van der Waals surface area contributed by atoms with E-state index in [9.17, 15) is 0 Å². The Hall–Kier alpha value is 0.0169. The molecule has 0 atom stereocenters. The average molecular weight is 237 g/mol. The third-order valence-corrected chi connectivity index (χ3v) is 5.27. The van der Waals surface area contributed by atoms with Crippen LogP contribution in [0.25, 0.3) is 0 Å². The molecule has 0 bridgehead atoms. The summed E-state index contributed by atoms with van der Waals surface area (Å²) in [4.78, 5) is 2.07.